The van der Waals surface area contributed by atoms with Gasteiger partial charge in [0, 0.05) is 17.7 Å². The quantitative estimate of drug-likeness (QED) is 0.506. The number of amides is 1. The normalized spacial score (nSPS) is 20.3. The average molecular weight is 388 g/mol. The molecule has 134 valence electrons. The second kappa shape index (κ2) is 7.37. The monoisotopic (exact) mass is 387 g/mol. The van der Waals surface area contributed by atoms with Crippen molar-refractivity contribution in [2.24, 2.45) is 0 Å². The molecule has 6 heteroatoms. The van der Waals surface area contributed by atoms with Crippen molar-refractivity contribution in [3.05, 3.63) is 52.9 Å². The summed E-state index contributed by atoms with van der Waals surface area (Å²) in [6, 6.07) is 9.99. The third kappa shape index (κ3) is 3.48. The minimum absolute atomic E-state index is 0.0216. The Kier molecular flexibility index (Phi) is 4.96. The van der Waals surface area contributed by atoms with Crippen molar-refractivity contribution in [2.45, 2.75) is 38.1 Å². The molecule has 1 saturated carbocycles. The Balaban J connectivity index is 1.54. The van der Waals surface area contributed by atoms with Crippen LogP contribution in [0.3, 0.4) is 0 Å². The molecule has 1 aromatic heterocycles. The number of hydrogen-bond acceptors (Lipinski definition) is 4. The Hall–Kier alpha value is -1.92. The standard InChI is InChI=1S/C20H18FNO2S2/c21-14-8-6-13(7-9-14)17-11-10-16(24-17)12-18-19(23)22(20(25)26-18)15-4-2-1-3-5-15/h6-12,15H,1-5H2/b18-12+. The molecule has 1 aromatic carbocycles. The lowest BCUT2D eigenvalue weighted by molar-refractivity contribution is -0.124. The summed E-state index contributed by atoms with van der Waals surface area (Å²) in [5.74, 6) is 0.922. The molecule has 0 N–H and O–H groups in total. The third-order valence-corrected chi connectivity index (χ3v) is 6.12. The topological polar surface area (TPSA) is 33.5 Å². The first-order chi connectivity index (χ1) is 12.6. The van der Waals surface area contributed by atoms with Crippen LogP contribution in [-0.2, 0) is 4.79 Å². The van der Waals surface area contributed by atoms with E-state index in [0.717, 1.165) is 31.2 Å². The SMILES string of the molecule is O=C1/C(=C\c2ccc(-c3ccc(F)cc3)o2)SC(=S)N1C1CCCCC1. The highest BCUT2D eigenvalue weighted by Crippen LogP contribution is 2.37. The number of halogens is 1. The van der Waals surface area contributed by atoms with E-state index in [1.54, 1.807) is 23.1 Å². The van der Waals surface area contributed by atoms with Gasteiger partial charge < -0.3 is 4.42 Å². The van der Waals surface area contributed by atoms with Gasteiger partial charge in [-0.25, -0.2) is 4.39 Å². The first-order valence-electron chi connectivity index (χ1n) is 8.75. The van der Waals surface area contributed by atoms with Crippen LogP contribution in [0.1, 0.15) is 37.9 Å². The maximum Gasteiger partial charge on any atom is 0.266 e. The van der Waals surface area contributed by atoms with E-state index in [4.69, 9.17) is 16.6 Å². The van der Waals surface area contributed by atoms with Gasteiger partial charge in [0.25, 0.3) is 5.91 Å². The lowest BCUT2D eigenvalue weighted by Gasteiger charge is -2.29. The van der Waals surface area contributed by atoms with E-state index in [9.17, 15) is 9.18 Å². The minimum atomic E-state index is -0.285. The molecule has 0 bridgehead atoms. The number of thioether (sulfide) groups is 1. The summed E-state index contributed by atoms with van der Waals surface area (Å²) in [5.41, 5.74) is 0.792. The molecule has 0 atom stereocenters. The summed E-state index contributed by atoms with van der Waals surface area (Å²) in [5, 5.41) is 0. The molecule has 2 heterocycles. The second-order valence-corrected chi connectivity index (χ2v) is 8.23. The van der Waals surface area contributed by atoms with Crippen molar-refractivity contribution in [3.63, 3.8) is 0 Å². The molecular weight excluding hydrogens is 369 g/mol. The largest absolute Gasteiger partial charge is 0.457 e. The zero-order valence-corrected chi connectivity index (χ0v) is 15.7. The number of thiocarbonyl (C=S) groups is 1. The van der Waals surface area contributed by atoms with Gasteiger partial charge >= 0.3 is 0 Å². The molecule has 0 unspecified atom stereocenters. The van der Waals surface area contributed by atoms with Crippen molar-refractivity contribution in [1.29, 1.82) is 0 Å². The molecule has 1 aliphatic heterocycles. The molecule has 4 rings (SSSR count). The Labute approximate surface area is 161 Å². The van der Waals surface area contributed by atoms with Crippen LogP contribution in [0, 0.1) is 5.82 Å². The van der Waals surface area contributed by atoms with Gasteiger partial charge in [-0.15, -0.1) is 0 Å². The Morgan fingerprint density at radius 3 is 2.58 bits per heavy atom. The van der Waals surface area contributed by atoms with Crippen LogP contribution in [-0.4, -0.2) is 21.2 Å². The third-order valence-electron chi connectivity index (χ3n) is 4.79. The van der Waals surface area contributed by atoms with Crippen molar-refractivity contribution in [2.75, 3.05) is 0 Å². The van der Waals surface area contributed by atoms with E-state index >= 15 is 0 Å². The molecule has 3 nitrogen and oxygen atoms in total. The lowest BCUT2D eigenvalue weighted by atomic mass is 9.94. The van der Waals surface area contributed by atoms with Gasteiger partial charge in [0.05, 0.1) is 4.91 Å². The number of furan rings is 1. The first kappa shape index (κ1) is 17.5. The number of benzene rings is 1. The number of rotatable bonds is 3. The molecule has 1 amide bonds. The predicted octanol–water partition coefficient (Wildman–Crippen LogP) is 5.62. The fourth-order valence-corrected chi connectivity index (χ4v) is 4.84. The van der Waals surface area contributed by atoms with Crippen LogP contribution in [0.25, 0.3) is 17.4 Å². The molecule has 2 aliphatic rings. The fourth-order valence-electron chi connectivity index (χ4n) is 3.46. The highest BCUT2D eigenvalue weighted by Gasteiger charge is 2.37. The zero-order valence-electron chi connectivity index (χ0n) is 14.1. The van der Waals surface area contributed by atoms with Crippen LogP contribution in [0.15, 0.2) is 45.7 Å². The molecule has 2 fully saturated rings. The maximum atomic E-state index is 13.1. The summed E-state index contributed by atoms with van der Waals surface area (Å²) < 4.78 is 19.5. The number of carbonyl (C=O) groups excluding carboxylic acids is 1. The summed E-state index contributed by atoms with van der Waals surface area (Å²) in [6.07, 6.45) is 7.33. The Morgan fingerprint density at radius 1 is 1.12 bits per heavy atom. The second-order valence-electron chi connectivity index (χ2n) is 6.55. The van der Waals surface area contributed by atoms with E-state index in [1.807, 2.05) is 12.1 Å². The van der Waals surface area contributed by atoms with Crippen molar-refractivity contribution in [3.8, 4) is 11.3 Å². The van der Waals surface area contributed by atoms with E-state index in [1.165, 1.54) is 30.3 Å². The number of carbonyl (C=O) groups is 1. The first-order valence-corrected chi connectivity index (χ1v) is 9.97. The molecule has 1 saturated heterocycles. The predicted molar refractivity (Wildman–Crippen MR) is 106 cm³/mol. The molecular formula is C20H18FNO2S2. The fraction of sp³-hybridized carbons (Fsp3) is 0.300. The number of nitrogens with zero attached hydrogens (tertiary/aromatic N) is 1. The summed E-state index contributed by atoms with van der Waals surface area (Å²) in [7, 11) is 0. The van der Waals surface area contributed by atoms with E-state index < -0.39 is 0 Å². The van der Waals surface area contributed by atoms with Gasteiger partial charge in [0.1, 0.15) is 21.7 Å². The van der Waals surface area contributed by atoms with Gasteiger partial charge in [-0.1, -0.05) is 43.2 Å². The van der Waals surface area contributed by atoms with Crippen molar-refractivity contribution >= 4 is 40.3 Å². The molecule has 0 radical (unpaired) electrons. The highest BCUT2D eigenvalue weighted by atomic mass is 32.2. The maximum absolute atomic E-state index is 13.1. The smallest absolute Gasteiger partial charge is 0.266 e. The van der Waals surface area contributed by atoms with E-state index in [-0.39, 0.29) is 17.8 Å². The van der Waals surface area contributed by atoms with Crippen LogP contribution >= 0.6 is 24.0 Å². The van der Waals surface area contributed by atoms with E-state index in [2.05, 4.69) is 0 Å². The molecule has 1 aliphatic carbocycles. The molecule has 2 aromatic rings. The van der Waals surface area contributed by atoms with Crippen LogP contribution in [0.5, 0.6) is 0 Å². The van der Waals surface area contributed by atoms with Gasteiger partial charge in [-0.2, -0.15) is 0 Å². The summed E-state index contributed by atoms with van der Waals surface area (Å²) in [4.78, 5) is 15.2. The average Bonchev–Trinajstić information content (AvgIpc) is 3.21. The zero-order chi connectivity index (χ0) is 18.1. The lowest BCUT2D eigenvalue weighted by Crippen LogP contribution is -2.39. The summed E-state index contributed by atoms with van der Waals surface area (Å²) in [6.45, 7) is 0. The molecule has 0 spiro atoms. The Morgan fingerprint density at radius 2 is 1.85 bits per heavy atom. The van der Waals surface area contributed by atoms with Crippen LogP contribution in [0.4, 0.5) is 4.39 Å². The van der Waals surface area contributed by atoms with Gasteiger partial charge in [0.15, 0.2) is 0 Å². The number of hydrogen-bond donors (Lipinski definition) is 0. The van der Waals surface area contributed by atoms with Crippen molar-refractivity contribution in [1.82, 2.24) is 4.90 Å². The van der Waals surface area contributed by atoms with Gasteiger partial charge in [0.2, 0.25) is 0 Å². The van der Waals surface area contributed by atoms with E-state index in [0.29, 0.717) is 20.7 Å². The van der Waals surface area contributed by atoms with Crippen LogP contribution < -0.4 is 0 Å². The molecule has 26 heavy (non-hydrogen) atoms. The van der Waals surface area contributed by atoms with Gasteiger partial charge in [-0.05, 0) is 49.2 Å². The van der Waals surface area contributed by atoms with Gasteiger partial charge in [-0.3, -0.25) is 9.69 Å². The Bertz CT molecular complexity index is 866. The highest BCUT2D eigenvalue weighted by molar-refractivity contribution is 8.26. The van der Waals surface area contributed by atoms with Crippen LogP contribution in [0.2, 0.25) is 0 Å². The van der Waals surface area contributed by atoms with Crippen molar-refractivity contribution < 1.29 is 13.6 Å². The summed E-state index contributed by atoms with van der Waals surface area (Å²) >= 11 is 6.78. The minimum Gasteiger partial charge on any atom is -0.457 e.